The third-order valence-corrected chi connectivity index (χ3v) is 9.29. The molecule has 2 aromatic rings. The number of hydrogen-bond donors (Lipinski definition) is 5. The molecule has 10 nitrogen and oxygen atoms in total. The van der Waals surface area contributed by atoms with Crippen molar-refractivity contribution in [3.63, 3.8) is 0 Å². The highest BCUT2D eigenvalue weighted by molar-refractivity contribution is 5.93. The van der Waals surface area contributed by atoms with Crippen molar-refractivity contribution in [1.82, 2.24) is 25.5 Å². The Morgan fingerprint density at radius 2 is 1.70 bits per heavy atom. The minimum atomic E-state index is -1.16. The average Bonchev–Trinajstić information content (AvgIpc) is 3.48. The van der Waals surface area contributed by atoms with Crippen LogP contribution in [-0.2, 0) is 27.3 Å². The first kappa shape index (κ1) is 37.2. The van der Waals surface area contributed by atoms with Gasteiger partial charge in [-0.3, -0.25) is 14.4 Å². The van der Waals surface area contributed by atoms with Gasteiger partial charge in [0.2, 0.25) is 17.7 Å². The first-order valence-electron chi connectivity index (χ1n) is 17.6. The quantitative estimate of drug-likeness (QED) is 0.129. The molecular weight excluding hydrogens is 580 g/mol. The molecule has 1 aromatic carbocycles. The monoisotopic (exact) mass is 638 g/mol. The van der Waals surface area contributed by atoms with Crippen molar-refractivity contribution in [3.8, 4) is 0 Å². The maximum Gasteiger partial charge on any atom is 0.245 e. The number of aliphatic hydroxyl groups is 1. The van der Waals surface area contributed by atoms with Crippen molar-refractivity contribution in [2.75, 3.05) is 19.7 Å². The lowest BCUT2D eigenvalue weighted by Gasteiger charge is -2.25. The SMILES string of the molecule is CCC[C@H](C(=O)N[C@@H](CO)C(=O)N[C@@H](CCCCN)C(=O)NCCC1CCCCC1)c1ccc(CCCCn2ccnc2C)cc1. The first-order valence-corrected chi connectivity index (χ1v) is 17.6. The van der Waals surface area contributed by atoms with Gasteiger partial charge >= 0.3 is 0 Å². The smallest absolute Gasteiger partial charge is 0.245 e. The number of rotatable bonds is 21. The Morgan fingerprint density at radius 3 is 2.35 bits per heavy atom. The molecule has 0 bridgehead atoms. The fourth-order valence-electron chi connectivity index (χ4n) is 6.40. The molecule has 1 aliphatic carbocycles. The molecule has 1 aliphatic rings. The molecule has 1 heterocycles. The van der Waals surface area contributed by atoms with Crippen LogP contribution in [0.1, 0.15) is 113 Å². The van der Waals surface area contributed by atoms with Gasteiger partial charge in [-0.05, 0) is 81.9 Å². The first-order chi connectivity index (χ1) is 22.4. The largest absolute Gasteiger partial charge is 0.394 e. The highest BCUT2D eigenvalue weighted by atomic mass is 16.3. The van der Waals surface area contributed by atoms with Gasteiger partial charge < -0.3 is 31.4 Å². The Balaban J connectivity index is 1.53. The van der Waals surface area contributed by atoms with Crippen LogP contribution < -0.4 is 21.7 Å². The Bertz CT molecular complexity index is 1180. The van der Waals surface area contributed by atoms with E-state index in [1.807, 2.05) is 38.4 Å². The molecule has 0 spiro atoms. The molecule has 1 fully saturated rings. The molecule has 3 atom stereocenters. The summed E-state index contributed by atoms with van der Waals surface area (Å²) in [5, 5.41) is 18.7. The fourth-order valence-corrected chi connectivity index (χ4v) is 6.40. The van der Waals surface area contributed by atoms with Crippen molar-refractivity contribution in [3.05, 3.63) is 53.6 Å². The Labute approximate surface area is 275 Å². The summed E-state index contributed by atoms with van der Waals surface area (Å²) in [5.74, 6) is 0.115. The number of imidazole rings is 1. The zero-order valence-electron chi connectivity index (χ0n) is 28.1. The number of carbonyl (C=O) groups excluding carboxylic acids is 3. The number of aryl methyl sites for hydroxylation is 3. The number of unbranched alkanes of at least 4 members (excludes halogenated alkanes) is 2. The molecule has 0 saturated heterocycles. The number of nitrogens with two attached hydrogens (primary N) is 1. The summed E-state index contributed by atoms with van der Waals surface area (Å²) in [5.41, 5.74) is 7.76. The molecule has 256 valence electrons. The lowest BCUT2D eigenvalue weighted by Crippen LogP contribution is -2.55. The molecule has 6 N–H and O–H groups in total. The zero-order chi connectivity index (χ0) is 33.1. The van der Waals surface area contributed by atoms with Crippen molar-refractivity contribution in [2.45, 2.75) is 128 Å². The Morgan fingerprint density at radius 1 is 0.957 bits per heavy atom. The predicted molar refractivity (Wildman–Crippen MR) is 182 cm³/mol. The number of amides is 3. The molecule has 0 unspecified atom stereocenters. The van der Waals surface area contributed by atoms with Crippen LogP contribution in [-0.4, -0.2) is 64.2 Å². The van der Waals surface area contributed by atoms with Crippen molar-refractivity contribution < 1.29 is 19.5 Å². The van der Waals surface area contributed by atoms with Crippen molar-refractivity contribution in [2.24, 2.45) is 11.7 Å². The molecular formula is C36H58N6O4. The number of aliphatic hydroxyl groups excluding tert-OH is 1. The van der Waals surface area contributed by atoms with E-state index >= 15 is 0 Å². The van der Waals surface area contributed by atoms with E-state index in [1.54, 1.807) is 0 Å². The number of nitrogens with one attached hydrogen (secondary N) is 3. The lowest BCUT2D eigenvalue weighted by molar-refractivity contribution is -0.133. The van der Waals surface area contributed by atoms with E-state index in [1.165, 1.54) is 37.7 Å². The van der Waals surface area contributed by atoms with Crippen LogP contribution >= 0.6 is 0 Å². The zero-order valence-corrected chi connectivity index (χ0v) is 28.1. The van der Waals surface area contributed by atoms with Gasteiger partial charge in [-0.1, -0.05) is 69.7 Å². The molecule has 0 radical (unpaired) electrons. The minimum Gasteiger partial charge on any atom is -0.394 e. The summed E-state index contributed by atoms with van der Waals surface area (Å²) < 4.78 is 2.16. The van der Waals surface area contributed by atoms with Gasteiger partial charge in [0, 0.05) is 25.5 Å². The maximum absolute atomic E-state index is 13.5. The van der Waals surface area contributed by atoms with Gasteiger partial charge in [0.25, 0.3) is 0 Å². The molecule has 46 heavy (non-hydrogen) atoms. The van der Waals surface area contributed by atoms with E-state index in [4.69, 9.17) is 5.73 Å². The fraction of sp³-hybridized carbons (Fsp3) is 0.667. The lowest BCUT2D eigenvalue weighted by atomic mass is 9.87. The van der Waals surface area contributed by atoms with Gasteiger partial charge in [0.05, 0.1) is 12.5 Å². The van der Waals surface area contributed by atoms with Gasteiger partial charge in [-0.15, -0.1) is 0 Å². The topological polar surface area (TPSA) is 151 Å². The van der Waals surface area contributed by atoms with Crippen LogP contribution in [0.3, 0.4) is 0 Å². The Hall–Kier alpha value is -3.24. The van der Waals surface area contributed by atoms with E-state index in [0.29, 0.717) is 38.3 Å². The molecule has 3 rings (SSSR count). The number of benzene rings is 1. The predicted octanol–water partition coefficient (Wildman–Crippen LogP) is 4.28. The summed E-state index contributed by atoms with van der Waals surface area (Å²) >= 11 is 0. The molecule has 0 aliphatic heterocycles. The number of hydrogen-bond acceptors (Lipinski definition) is 6. The number of aromatic nitrogens is 2. The van der Waals surface area contributed by atoms with E-state index in [2.05, 4.69) is 37.6 Å². The standard InChI is InChI=1S/C36H58N6O4/c1-3-11-31(30-18-16-29(17-19-30)14-8-10-24-42-25-23-38-27(42)2)34(44)41-33(26-43)36(46)40-32(15-7-9-21-37)35(45)39-22-20-28-12-5-4-6-13-28/h16-19,23,25,28,31-33,43H,3-15,20-22,24,26,37H2,1-2H3,(H,39,45)(H,40,46)(H,41,44)/t31-,32-,33-/m0/s1. The van der Waals surface area contributed by atoms with E-state index in [9.17, 15) is 19.5 Å². The molecule has 1 aromatic heterocycles. The summed E-state index contributed by atoms with van der Waals surface area (Å²) in [7, 11) is 0. The summed E-state index contributed by atoms with van der Waals surface area (Å²) in [4.78, 5) is 44.1. The maximum atomic E-state index is 13.5. The van der Waals surface area contributed by atoms with E-state index in [-0.39, 0.29) is 11.8 Å². The van der Waals surface area contributed by atoms with Gasteiger partial charge in [0.1, 0.15) is 17.9 Å². The van der Waals surface area contributed by atoms with Gasteiger partial charge in [-0.25, -0.2) is 4.98 Å². The molecule has 10 heteroatoms. The second-order valence-corrected chi connectivity index (χ2v) is 12.9. The van der Waals surface area contributed by atoms with Crippen LogP contribution in [0.2, 0.25) is 0 Å². The van der Waals surface area contributed by atoms with Gasteiger partial charge in [0.15, 0.2) is 0 Å². The third kappa shape index (κ3) is 12.5. The van der Waals surface area contributed by atoms with Crippen molar-refractivity contribution >= 4 is 17.7 Å². The average molecular weight is 639 g/mol. The second kappa shape index (κ2) is 20.8. The Kier molecular flexibility index (Phi) is 16.8. The van der Waals surface area contributed by atoms with Crippen LogP contribution in [0.25, 0.3) is 0 Å². The summed E-state index contributed by atoms with van der Waals surface area (Å²) in [6.07, 6.45) is 17.3. The highest BCUT2D eigenvalue weighted by Gasteiger charge is 2.29. The minimum absolute atomic E-state index is 0.231. The normalized spacial score (nSPS) is 15.6. The second-order valence-electron chi connectivity index (χ2n) is 12.9. The van der Waals surface area contributed by atoms with Crippen LogP contribution in [0.15, 0.2) is 36.7 Å². The summed E-state index contributed by atoms with van der Waals surface area (Å²) in [6.45, 7) is 5.50. The van der Waals surface area contributed by atoms with Crippen molar-refractivity contribution in [1.29, 1.82) is 0 Å². The van der Waals surface area contributed by atoms with E-state index in [0.717, 1.165) is 56.5 Å². The van der Waals surface area contributed by atoms with Crippen LogP contribution in [0.5, 0.6) is 0 Å². The van der Waals surface area contributed by atoms with E-state index < -0.39 is 30.5 Å². The number of nitrogens with zero attached hydrogens (tertiary/aromatic N) is 2. The van der Waals surface area contributed by atoms with Crippen LogP contribution in [0, 0.1) is 12.8 Å². The highest BCUT2D eigenvalue weighted by Crippen LogP contribution is 2.26. The molecule has 1 saturated carbocycles. The van der Waals surface area contributed by atoms with Gasteiger partial charge in [-0.2, -0.15) is 0 Å². The molecule has 3 amide bonds. The third-order valence-electron chi connectivity index (χ3n) is 9.29. The summed E-state index contributed by atoms with van der Waals surface area (Å²) in [6, 6.07) is 6.23. The number of carbonyl (C=O) groups is 3. The van der Waals surface area contributed by atoms with Crippen LogP contribution in [0.4, 0.5) is 0 Å².